The summed E-state index contributed by atoms with van der Waals surface area (Å²) in [5.74, 6) is 1.19. The topological polar surface area (TPSA) is 62.8 Å². The third-order valence-corrected chi connectivity index (χ3v) is 2.14. The maximum atomic E-state index is 10.0. The van der Waals surface area contributed by atoms with Crippen molar-refractivity contribution in [3.05, 3.63) is 42.2 Å². The molecule has 4 heteroatoms. The van der Waals surface area contributed by atoms with Gasteiger partial charge in [0.1, 0.15) is 18.1 Å². The fraction of sp³-hybridized carbons (Fsp3) is 0.0833. The molecule has 0 saturated carbocycles. The molecule has 16 heavy (non-hydrogen) atoms. The van der Waals surface area contributed by atoms with Crippen LogP contribution in [0.2, 0.25) is 0 Å². The van der Waals surface area contributed by atoms with E-state index < -0.39 is 0 Å². The quantitative estimate of drug-likeness (QED) is 0.631. The number of rotatable bonds is 3. The lowest BCUT2D eigenvalue weighted by atomic mass is 10.1. The van der Waals surface area contributed by atoms with Crippen molar-refractivity contribution < 1.29 is 14.3 Å². The van der Waals surface area contributed by atoms with Crippen molar-refractivity contribution in [1.82, 2.24) is 0 Å². The molecule has 0 aliphatic rings. The number of aliphatic hydroxyl groups excluding tert-OH is 1. The van der Waals surface area contributed by atoms with Gasteiger partial charge in [0.25, 0.3) is 0 Å². The first kappa shape index (κ1) is 10.4. The molecular formula is C12H9NO3. The lowest BCUT2D eigenvalue weighted by molar-refractivity contribution is 0.248. The number of benzene rings is 1. The van der Waals surface area contributed by atoms with Gasteiger partial charge in [-0.15, -0.1) is 0 Å². The van der Waals surface area contributed by atoms with Crippen molar-refractivity contribution in [2.24, 2.45) is 4.99 Å². The number of aliphatic hydroxyl groups is 1. The van der Waals surface area contributed by atoms with E-state index in [0.29, 0.717) is 17.2 Å². The van der Waals surface area contributed by atoms with Crippen molar-refractivity contribution in [2.75, 3.05) is 0 Å². The van der Waals surface area contributed by atoms with Crippen LogP contribution in [-0.2, 0) is 11.4 Å². The zero-order valence-corrected chi connectivity index (χ0v) is 8.38. The smallest absolute Gasteiger partial charge is 0.240 e. The van der Waals surface area contributed by atoms with Gasteiger partial charge in [-0.05, 0) is 36.4 Å². The molecule has 0 amide bonds. The van der Waals surface area contributed by atoms with Crippen LogP contribution >= 0.6 is 0 Å². The molecular weight excluding hydrogens is 206 g/mol. The molecule has 0 fully saturated rings. The summed E-state index contributed by atoms with van der Waals surface area (Å²) in [7, 11) is 0. The second-order valence-electron chi connectivity index (χ2n) is 3.17. The molecule has 0 aliphatic carbocycles. The molecule has 2 aromatic rings. The number of furan rings is 1. The average Bonchev–Trinajstić information content (AvgIpc) is 2.79. The lowest BCUT2D eigenvalue weighted by Crippen LogP contribution is -1.75. The van der Waals surface area contributed by atoms with Gasteiger partial charge in [-0.3, -0.25) is 0 Å². The maximum absolute atomic E-state index is 10.0. The molecule has 0 atom stereocenters. The Bertz CT molecular complexity index is 521. The van der Waals surface area contributed by atoms with Gasteiger partial charge < -0.3 is 9.52 Å². The van der Waals surface area contributed by atoms with Gasteiger partial charge in [-0.1, -0.05) is 0 Å². The van der Waals surface area contributed by atoms with Crippen LogP contribution in [0.15, 0.2) is 45.8 Å². The normalized spacial score (nSPS) is 9.81. The van der Waals surface area contributed by atoms with Crippen molar-refractivity contribution in [3.63, 3.8) is 0 Å². The highest BCUT2D eigenvalue weighted by Crippen LogP contribution is 2.24. The van der Waals surface area contributed by atoms with E-state index in [0.717, 1.165) is 5.56 Å². The molecule has 1 aromatic heterocycles. The Hall–Kier alpha value is -2.16. The van der Waals surface area contributed by atoms with Crippen LogP contribution in [0.4, 0.5) is 5.69 Å². The van der Waals surface area contributed by atoms with Crippen LogP contribution in [0.3, 0.4) is 0 Å². The predicted molar refractivity (Wildman–Crippen MR) is 57.8 cm³/mol. The minimum Gasteiger partial charge on any atom is -0.459 e. The second kappa shape index (κ2) is 4.57. The minimum absolute atomic E-state index is 0.118. The predicted octanol–water partition coefficient (Wildman–Crippen LogP) is 2.41. The Morgan fingerprint density at radius 2 is 1.94 bits per heavy atom. The highest BCUT2D eigenvalue weighted by Gasteiger charge is 2.03. The number of hydrogen-bond donors (Lipinski definition) is 1. The van der Waals surface area contributed by atoms with E-state index in [-0.39, 0.29) is 6.61 Å². The number of hydrogen-bond acceptors (Lipinski definition) is 4. The summed E-state index contributed by atoms with van der Waals surface area (Å²) in [6, 6.07) is 10.5. The van der Waals surface area contributed by atoms with E-state index >= 15 is 0 Å². The van der Waals surface area contributed by atoms with E-state index in [1.165, 1.54) is 6.08 Å². The van der Waals surface area contributed by atoms with Crippen molar-refractivity contribution >= 4 is 11.8 Å². The number of carbonyl (C=O) groups excluding carboxylic acids is 1. The molecule has 1 N–H and O–H groups in total. The fourth-order valence-electron chi connectivity index (χ4n) is 1.37. The number of nitrogens with zero attached hydrogens (tertiary/aromatic N) is 1. The SMILES string of the molecule is O=C=Nc1ccc(-c2ccc(CO)o2)cc1. The van der Waals surface area contributed by atoms with Crippen LogP contribution in [0.25, 0.3) is 11.3 Å². The zero-order valence-electron chi connectivity index (χ0n) is 8.38. The molecule has 0 saturated heterocycles. The Morgan fingerprint density at radius 1 is 1.19 bits per heavy atom. The second-order valence-corrected chi connectivity index (χ2v) is 3.17. The van der Waals surface area contributed by atoms with E-state index in [2.05, 4.69) is 4.99 Å². The summed E-state index contributed by atoms with van der Waals surface area (Å²) in [6.07, 6.45) is 1.47. The molecule has 80 valence electrons. The molecule has 4 nitrogen and oxygen atoms in total. The molecule has 0 spiro atoms. The van der Waals surface area contributed by atoms with Crippen molar-refractivity contribution in [1.29, 1.82) is 0 Å². The molecule has 1 heterocycles. The van der Waals surface area contributed by atoms with E-state index in [1.807, 2.05) is 0 Å². The Morgan fingerprint density at radius 3 is 2.50 bits per heavy atom. The average molecular weight is 215 g/mol. The minimum atomic E-state index is -0.118. The molecule has 2 rings (SSSR count). The number of isocyanates is 1. The van der Waals surface area contributed by atoms with Crippen molar-refractivity contribution in [2.45, 2.75) is 6.61 Å². The fourth-order valence-corrected chi connectivity index (χ4v) is 1.37. The van der Waals surface area contributed by atoms with Crippen LogP contribution < -0.4 is 0 Å². The monoisotopic (exact) mass is 215 g/mol. The first-order valence-corrected chi connectivity index (χ1v) is 4.71. The molecule has 0 unspecified atom stereocenters. The molecule has 1 aromatic carbocycles. The Labute approximate surface area is 91.9 Å². The molecule has 0 radical (unpaired) electrons. The van der Waals surface area contributed by atoms with Crippen LogP contribution in [0, 0.1) is 0 Å². The van der Waals surface area contributed by atoms with E-state index in [4.69, 9.17) is 9.52 Å². The summed E-state index contributed by atoms with van der Waals surface area (Å²) in [6.45, 7) is -0.118. The third kappa shape index (κ3) is 2.08. The van der Waals surface area contributed by atoms with E-state index in [9.17, 15) is 4.79 Å². The van der Waals surface area contributed by atoms with Gasteiger partial charge in [-0.2, -0.15) is 4.99 Å². The van der Waals surface area contributed by atoms with Crippen LogP contribution in [0.1, 0.15) is 5.76 Å². The summed E-state index contributed by atoms with van der Waals surface area (Å²) < 4.78 is 5.36. The first-order valence-electron chi connectivity index (χ1n) is 4.71. The summed E-state index contributed by atoms with van der Waals surface area (Å²) in [4.78, 5) is 13.5. The van der Waals surface area contributed by atoms with Gasteiger partial charge in [-0.25, -0.2) is 4.79 Å². The number of aliphatic imine (C=N–C) groups is 1. The lowest BCUT2D eigenvalue weighted by Gasteiger charge is -1.96. The van der Waals surface area contributed by atoms with Crippen molar-refractivity contribution in [3.8, 4) is 11.3 Å². The zero-order chi connectivity index (χ0) is 11.4. The van der Waals surface area contributed by atoms with Gasteiger partial charge in [0.2, 0.25) is 6.08 Å². The largest absolute Gasteiger partial charge is 0.459 e. The highest BCUT2D eigenvalue weighted by molar-refractivity contribution is 5.61. The maximum Gasteiger partial charge on any atom is 0.240 e. The Balaban J connectivity index is 2.30. The molecule has 0 aliphatic heterocycles. The van der Waals surface area contributed by atoms with Gasteiger partial charge >= 0.3 is 0 Å². The van der Waals surface area contributed by atoms with Crippen LogP contribution in [-0.4, -0.2) is 11.2 Å². The van der Waals surface area contributed by atoms with Crippen LogP contribution in [0.5, 0.6) is 0 Å². The van der Waals surface area contributed by atoms with Gasteiger partial charge in [0, 0.05) is 5.56 Å². The van der Waals surface area contributed by atoms with Gasteiger partial charge in [0.15, 0.2) is 0 Å². The Kier molecular flexibility index (Phi) is 2.96. The van der Waals surface area contributed by atoms with E-state index in [1.54, 1.807) is 36.4 Å². The summed E-state index contributed by atoms with van der Waals surface area (Å²) in [5.41, 5.74) is 1.41. The standard InChI is InChI=1S/C12H9NO3/c14-7-11-5-6-12(16-11)9-1-3-10(4-2-9)13-8-15/h1-6,14H,7H2. The first-order chi connectivity index (χ1) is 7.83. The van der Waals surface area contributed by atoms with Gasteiger partial charge in [0.05, 0.1) is 5.69 Å². The highest BCUT2D eigenvalue weighted by atomic mass is 16.4. The molecule has 0 bridgehead atoms. The summed E-state index contributed by atoms with van der Waals surface area (Å²) in [5, 5.41) is 8.86. The third-order valence-electron chi connectivity index (χ3n) is 2.14. The summed E-state index contributed by atoms with van der Waals surface area (Å²) >= 11 is 0.